The van der Waals surface area contributed by atoms with Crippen molar-refractivity contribution in [3.63, 3.8) is 0 Å². The van der Waals surface area contributed by atoms with Gasteiger partial charge >= 0.3 is 0 Å². The molecule has 0 saturated carbocycles. The van der Waals surface area contributed by atoms with Crippen LogP contribution in [-0.4, -0.2) is 40.0 Å². The molecule has 1 amide bonds. The van der Waals surface area contributed by atoms with Gasteiger partial charge in [0.25, 0.3) is 11.6 Å². The third-order valence-electron chi connectivity index (χ3n) is 3.74. The highest BCUT2D eigenvalue weighted by atomic mass is 19.1. The Balaban J connectivity index is 2.36. The van der Waals surface area contributed by atoms with Gasteiger partial charge in [0.1, 0.15) is 11.4 Å². The first kappa shape index (κ1) is 15.4. The van der Waals surface area contributed by atoms with Gasteiger partial charge in [-0.1, -0.05) is 12.8 Å². The number of aliphatic hydroxyl groups excluding tert-OH is 1. The van der Waals surface area contributed by atoms with Crippen molar-refractivity contribution in [2.24, 2.45) is 0 Å². The van der Waals surface area contributed by atoms with Crippen molar-refractivity contribution in [2.75, 3.05) is 13.2 Å². The first-order valence-electron chi connectivity index (χ1n) is 6.90. The van der Waals surface area contributed by atoms with Gasteiger partial charge in [0.05, 0.1) is 23.6 Å². The van der Waals surface area contributed by atoms with E-state index in [0.29, 0.717) is 13.0 Å². The summed E-state index contributed by atoms with van der Waals surface area (Å²) in [5.41, 5.74) is -0.678. The number of nitrogens with zero attached hydrogens (tertiary/aromatic N) is 2. The molecular weight excluding hydrogens is 279 g/mol. The molecule has 1 aromatic rings. The van der Waals surface area contributed by atoms with Crippen LogP contribution in [0.2, 0.25) is 0 Å². The average Bonchev–Trinajstić information content (AvgIpc) is 2.71. The molecule has 0 bridgehead atoms. The molecular formula is C14H17FN2O4. The summed E-state index contributed by atoms with van der Waals surface area (Å²) in [6, 6.07) is 2.57. The van der Waals surface area contributed by atoms with E-state index in [1.54, 1.807) is 0 Å². The Morgan fingerprint density at radius 1 is 1.43 bits per heavy atom. The number of nitro benzene ring substituents is 1. The molecule has 21 heavy (non-hydrogen) atoms. The predicted molar refractivity (Wildman–Crippen MR) is 73.4 cm³/mol. The average molecular weight is 296 g/mol. The predicted octanol–water partition coefficient (Wildman–Crippen LogP) is 2.11. The smallest absolute Gasteiger partial charge is 0.285 e. The molecule has 1 saturated heterocycles. The molecule has 1 atom stereocenters. The molecule has 0 spiro atoms. The second-order valence-electron chi connectivity index (χ2n) is 5.10. The lowest BCUT2D eigenvalue weighted by Gasteiger charge is -2.28. The van der Waals surface area contributed by atoms with Crippen molar-refractivity contribution in [3.05, 3.63) is 39.7 Å². The molecule has 1 aliphatic heterocycles. The minimum absolute atomic E-state index is 0.137. The van der Waals surface area contributed by atoms with Crippen molar-refractivity contribution >= 4 is 11.6 Å². The van der Waals surface area contributed by atoms with E-state index in [-0.39, 0.29) is 18.2 Å². The standard InChI is InChI=1S/C14H17FN2O4/c15-10-5-6-12(13(8-10)17(20)21)14(19)16-7-3-1-2-4-11(16)9-18/h5-6,8,11,18H,1-4,7,9H2. The van der Waals surface area contributed by atoms with Gasteiger partial charge < -0.3 is 10.0 Å². The zero-order valence-electron chi connectivity index (χ0n) is 11.5. The van der Waals surface area contributed by atoms with Crippen LogP contribution in [-0.2, 0) is 0 Å². The highest BCUT2D eigenvalue weighted by molar-refractivity contribution is 5.98. The number of nitro groups is 1. The summed E-state index contributed by atoms with van der Waals surface area (Å²) in [6.45, 7) is 0.263. The summed E-state index contributed by atoms with van der Waals surface area (Å²) in [5.74, 6) is -1.28. The molecule has 0 aliphatic carbocycles. The number of hydrogen-bond acceptors (Lipinski definition) is 4. The summed E-state index contributed by atoms with van der Waals surface area (Å²) >= 11 is 0. The topological polar surface area (TPSA) is 83.7 Å². The Kier molecular flexibility index (Phi) is 4.85. The van der Waals surface area contributed by atoms with Crippen LogP contribution in [0.4, 0.5) is 10.1 Å². The third kappa shape index (κ3) is 3.36. The van der Waals surface area contributed by atoms with E-state index in [1.165, 1.54) is 4.90 Å². The molecule has 6 nitrogen and oxygen atoms in total. The summed E-state index contributed by atoms with van der Waals surface area (Å²) in [6.07, 6.45) is 3.31. The number of rotatable bonds is 3. The second kappa shape index (κ2) is 6.62. The van der Waals surface area contributed by atoms with Gasteiger partial charge in [-0.05, 0) is 25.0 Å². The van der Waals surface area contributed by atoms with E-state index in [1.807, 2.05) is 0 Å². The summed E-state index contributed by atoms with van der Waals surface area (Å²) in [4.78, 5) is 24.2. The van der Waals surface area contributed by atoms with Crippen LogP contribution in [0.3, 0.4) is 0 Å². The maximum absolute atomic E-state index is 13.2. The first-order valence-corrected chi connectivity index (χ1v) is 6.90. The number of amides is 1. The molecule has 1 fully saturated rings. The fraction of sp³-hybridized carbons (Fsp3) is 0.500. The lowest BCUT2D eigenvalue weighted by Crippen LogP contribution is -2.42. The number of benzene rings is 1. The normalized spacial score (nSPS) is 19.1. The summed E-state index contributed by atoms with van der Waals surface area (Å²) in [7, 11) is 0. The van der Waals surface area contributed by atoms with Crippen LogP contribution in [0.5, 0.6) is 0 Å². The molecule has 2 rings (SSSR count). The van der Waals surface area contributed by atoms with Gasteiger partial charge in [-0.2, -0.15) is 0 Å². The van der Waals surface area contributed by atoms with Gasteiger partial charge in [0, 0.05) is 6.54 Å². The number of hydrogen-bond donors (Lipinski definition) is 1. The minimum atomic E-state index is -0.762. The Morgan fingerprint density at radius 2 is 2.19 bits per heavy atom. The van der Waals surface area contributed by atoms with E-state index in [2.05, 4.69) is 0 Å². The molecule has 1 N–H and O–H groups in total. The largest absolute Gasteiger partial charge is 0.394 e. The van der Waals surface area contributed by atoms with Gasteiger partial charge in [-0.3, -0.25) is 14.9 Å². The van der Waals surface area contributed by atoms with Gasteiger partial charge in [0.15, 0.2) is 0 Å². The molecule has 1 heterocycles. The lowest BCUT2D eigenvalue weighted by molar-refractivity contribution is -0.385. The molecule has 114 valence electrons. The quantitative estimate of drug-likeness (QED) is 0.684. The highest BCUT2D eigenvalue weighted by Gasteiger charge is 2.30. The third-order valence-corrected chi connectivity index (χ3v) is 3.74. The van der Waals surface area contributed by atoms with Crippen LogP contribution in [0.1, 0.15) is 36.0 Å². The maximum Gasteiger partial charge on any atom is 0.285 e. The van der Waals surface area contributed by atoms with Crippen LogP contribution in [0, 0.1) is 15.9 Å². The van der Waals surface area contributed by atoms with Crippen molar-refractivity contribution < 1.29 is 19.2 Å². The van der Waals surface area contributed by atoms with Gasteiger partial charge in [-0.15, -0.1) is 0 Å². The Bertz CT molecular complexity index is 550. The van der Waals surface area contributed by atoms with Gasteiger partial charge in [0.2, 0.25) is 0 Å². The molecule has 0 aromatic heterocycles. The fourth-order valence-electron chi connectivity index (χ4n) is 2.63. The molecule has 0 radical (unpaired) electrons. The molecule has 1 unspecified atom stereocenters. The van der Waals surface area contributed by atoms with Gasteiger partial charge in [-0.25, -0.2) is 4.39 Å². The minimum Gasteiger partial charge on any atom is -0.394 e. The van der Waals surface area contributed by atoms with Crippen molar-refractivity contribution in [2.45, 2.75) is 31.7 Å². The van der Waals surface area contributed by atoms with E-state index in [4.69, 9.17) is 0 Å². The van der Waals surface area contributed by atoms with Crippen molar-refractivity contribution in [1.29, 1.82) is 0 Å². The van der Waals surface area contributed by atoms with Crippen LogP contribution in [0.25, 0.3) is 0 Å². The van der Waals surface area contributed by atoms with Crippen LogP contribution in [0.15, 0.2) is 18.2 Å². The second-order valence-corrected chi connectivity index (χ2v) is 5.10. The first-order chi connectivity index (χ1) is 10.0. The van der Waals surface area contributed by atoms with Crippen molar-refractivity contribution in [1.82, 2.24) is 4.90 Å². The molecule has 7 heteroatoms. The number of likely N-dealkylation sites (tertiary alicyclic amines) is 1. The Hall–Kier alpha value is -2.02. The fourth-order valence-corrected chi connectivity index (χ4v) is 2.63. The van der Waals surface area contributed by atoms with E-state index < -0.39 is 22.3 Å². The van der Waals surface area contributed by atoms with E-state index in [9.17, 15) is 24.4 Å². The van der Waals surface area contributed by atoms with Crippen molar-refractivity contribution in [3.8, 4) is 0 Å². The SMILES string of the molecule is O=C(c1ccc(F)cc1[N+](=O)[O-])N1CCCCCC1CO. The highest BCUT2D eigenvalue weighted by Crippen LogP contribution is 2.25. The number of carbonyl (C=O) groups is 1. The Labute approximate surface area is 121 Å². The lowest BCUT2D eigenvalue weighted by atomic mass is 10.1. The zero-order chi connectivity index (χ0) is 15.4. The van der Waals surface area contributed by atoms with Crippen LogP contribution < -0.4 is 0 Å². The summed E-state index contributed by atoms with van der Waals surface area (Å²) in [5, 5.41) is 20.4. The number of aliphatic hydroxyl groups is 1. The molecule has 1 aromatic carbocycles. The molecule has 1 aliphatic rings. The summed E-state index contributed by atoms with van der Waals surface area (Å²) < 4.78 is 13.2. The zero-order valence-corrected chi connectivity index (χ0v) is 11.5. The Morgan fingerprint density at radius 3 is 2.86 bits per heavy atom. The van der Waals surface area contributed by atoms with Crippen LogP contribution >= 0.6 is 0 Å². The number of halogens is 1. The van der Waals surface area contributed by atoms with E-state index >= 15 is 0 Å². The van der Waals surface area contributed by atoms with E-state index in [0.717, 1.165) is 37.5 Å². The maximum atomic E-state index is 13.2. The number of carbonyl (C=O) groups excluding carboxylic acids is 1. The monoisotopic (exact) mass is 296 g/mol.